The quantitative estimate of drug-likeness (QED) is 0.193. The fraction of sp³-hybridized carbons (Fsp3) is 0.513. The molecule has 282 valence electrons. The van der Waals surface area contributed by atoms with Crippen molar-refractivity contribution in [2.45, 2.75) is 112 Å². The standard InChI is InChI=1S/C39H47N5O8S/c45-35-34-22-31(52-40-24-26-16-18-28(19-17-26)27-10-5-4-6-11-27)25-44(34)36(46)33(41-38(48)51-30-13-9-14-30)15-8-3-1-2-7-12-29-23-39(29,42-35)37(47)43-53(49,50)32-20-21-32/h4-7,10-12,16-19,24,29-34H,1-3,8-9,13-15,20-23,25H2,(H,41,48)(H,42,45)(H,43,47)/b12-7-,40-24+/t29?,31-,33+,34+,39-/m1/s1. The van der Waals surface area contributed by atoms with Gasteiger partial charge in [-0.1, -0.05) is 84.7 Å². The largest absolute Gasteiger partial charge is 0.446 e. The molecule has 0 radical (unpaired) electrons. The zero-order valence-corrected chi connectivity index (χ0v) is 30.5. The summed E-state index contributed by atoms with van der Waals surface area (Å²) in [5, 5.41) is 9.22. The zero-order chi connectivity index (χ0) is 37.0. The fourth-order valence-electron chi connectivity index (χ4n) is 7.22. The smallest absolute Gasteiger partial charge is 0.408 e. The van der Waals surface area contributed by atoms with Crippen LogP contribution in [0.3, 0.4) is 0 Å². The van der Waals surface area contributed by atoms with E-state index in [0.717, 1.165) is 48.8 Å². The van der Waals surface area contributed by atoms with Gasteiger partial charge in [-0.05, 0) is 74.5 Å². The number of rotatable bonds is 9. The second kappa shape index (κ2) is 15.7. The van der Waals surface area contributed by atoms with Crippen LogP contribution in [0.25, 0.3) is 11.1 Å². The van der Waals surface area contributed by atoms with Gasteiger partial charge in [-0.25, -0.2) is 13.2 Å². The molecule has 4 amide bonds. The average Bonchev–Trinajstić information content (AvgIpc) is 4.06. The third-order valence-corrected chi connectivity index (χ3v) is 12.7. The highest BCUT2D eigenvalue weighted by Gasteiger charge is 2.62. The van der Waals surface area contributed by atoms with E-state index in [1.54, 1.807) is 6.21 Å². The number of hydrogen-bond donors (Lipinski definition) is 3. The van der Waals surface area contributed by atoms with E-state index < -0.39 is 68.7 Å². The first kappa shape index (κ1) is 36.6. The number of benzene rings is 2. The molecule has 2 aliphatic heterocycles. The van der Waals surface area contributed by atoms with E-state index in [-0.39, 0.29) is 25.5 Å². The number of alkyl carbamates (subject to hydrolysis) is 1. The molecule has 2 aromatic rings. The van der Waals surface area contributed by atoms with Crippen LogP contribution in [0.1, 0.15) is 82.6 Å². The molecule has 0 aromatic heterocycles. The predicted molar refractivity (Wildman–Crippen MR) is 197 cm³/mol. The molecular formula is C39H47N5O8S. The summed E-state index contributed by atoms with van der Waals surface area (Å²) in [6.45, 7) is 0.00957. The van der Waals surface area contributed by atoms with E-state index in [9.17, 15) is 27.6 Å². The summed E-state index contributed by atoms with van der Waals surface area (Å²) in [5.41, 5.74) is 1.46. The van der Waals surface area contributed by atoms with Crippen molar-refractivity contribution in [2.75, 3.05) is 6.54 Å². The molecule has 1 unspecified atom stereocenters. The summed E-state index contributed by atoms with van der Waals surface area (Å²) < 4.78 is 33.3. The number of sulfonamides is 1. The first-order chi connectivity index (χ1) is 25.6. The number of oxime groups is 1. The van der Waals surface area contributed by atoms with Crippen molar-refractivity contribution in [1.29, 1.82) is 0 Å². The third kappa shape index (κ3) is 8.75. The van der Waals surface area contributed by atoms with E-state index in [0.29, 0.717) is 32.1 Å². The number of hydrogen-bond acceptors (Lipinski definition) is 9. The van der Waals surface area contributed by atoms with Gasteiger partial charge in [-0.3, -0.25) is 19.1 Å². The topological polar surface area (TPSA) is 173 Å². The number of fused-ring (bicyclic) bond motifs is 2. The lowest BCUT2D eigenvalue weighted by molar-refractivity contribution is -0.141. The number of amides is 4. The van der Waals surface area contributed by atoms with Crippen LogP contribution in [0.4, 0.5) is 4.79 Å². The summed E-state index contributed by atoms with van der Waals surface area (Å²) in [4.78, 5) is 62.2. The van der Waals surface area contributed by atoms with Crippen LogP contribution in [0, 0.1) is 5.92 Å². The Morgan fingerprint density at radius 2 is 1.66 bits per heavy atom. The summed E-state index contributed by atoms with van der Waals surface area (Å²) >= 11 is 0. The molecule has 13 nitrogen and oxygen atoms in total. The minimum absolute atomic E-state index is 0.00957. The number of carbonyl (C=O) groups excluding carboxylic acids is 4. The molecule has 0 spiro atoms. The molecule has 2 heterocycles. The van der Waals surface area contributed by atoms with Gasteiger partial charge in [0, 0.05) is 12.3 Å². The molecule has 14 heteroatoms. The Balaban J connectivity index is 1.10. The van der Waals surface area contributed by atoms with Crippen LogP contribution in [0.5, 0.6) is 0 Å². The molecule has 3 N–H and O–H groups in total. The van der Waals surface area contributed by atoms with Crippen molar-refractivity contribution in [2.24, 2.45) is 11.1 Å². The number of ether oxygens (including phenoxy) is 1. The lowest BCUT2D eigenvalue weighted by Crippen LogP contribution is -2.58. The lowest BCUT2D eigenvalue weighted by atomic mass is 9.96. The van der Waals surface area contributed by atoms with Crippen LogP contribution in [-0.4, -0.2) is 85.0 Å². The minimum atomic E-state index is -3.87. The van der Waals surface area contributed by atoms with Gasteiger partial charge in [0.05, 0.1) is 18.0 Å². The molecule has 3 saturated carbocycles. The van der Waals surface area contributed by atoms with E-state index >= 15 is 0 Å². The maximum atomic E-state index is 14.3. The van der Waals surface area contributed by atoms with E-state index in [2.05, 4.69) is 20.5 Å². The number of allylic oxidation sites excluding steroid dienone is 1. The summed E-state index contributed by atoms with van der Waals surface area (Å²) in [6, 6.07) is 15.8. The monoisotopic (exact) mass is 745 g/mol. The Kier molecular flexibility index (Phi) is 10.9. The van der Waals surface area contributed by atoms with E-state index in [1.807, 2.05) is 66.7 Å². The average molecular weight is 746 g/mol. The molecule has 7 rings (SSSR count). The molecular weight excluding hydrogens is 699 g/mol. The highest BCUT2D eigenvalue weighted by atomic mass is 32.2. The van der Waals surface area contributed by atoms with Crippen LogP contribution in [-0.2, 0) is 34.0 Å². The van der Waals surface area contributed by atoms with Gasteiger partial charge >= 0.3 is 6.09 Å². The number of nitrogens with zero attached hydrogens (tertiary/aromatic N) is 2. The van der Waals surface area contributed by atoms with Crippen LogP contribution in [0.2, 0.25) is 0 Å². The Hall–Kier alpha value is -4.72. The Labute approximate surface area is 310 Å². The van der Waals surface area contributed by atoms with Crippen molar-refractivity contribution < 1.29 is 37.2 Å². The Bertz CT molecular complexity index is 1840. The lowest BCUT2D eigenvalue weighted by Gasteiger charge is -2.30. The van der Waals surface area contributed by atoms with Gasteiger partial charge in [-0.15, -0.1) is 0 Å². The second-order valence-corrected chi connectivity index (χ2v) is 16.8. The molecule has 3 aliphatic carbocycles. The molecule has 1 saturated heterocycles. The van der Waals surface area contributed by atoms with Gasteiger partial charge in [0.2, 0.25) is 21.8 Å². The predicted octanol–water partition coefficient (Wildman–Crippen LogP) is 4.32. The van der Waals surface area contributed by atoms with Crippen molar-refractivity contribution in [3.05, 3.63) is 72.3 Å². The van der Waals surface area contributed by atoms with Gasteiger partial charge in [-0.2, -0.15) is 0 Å². The summed E-state index contributed by atoms with van der Waals surface area (Å²) in [5.74, 6) is -2.25. The van der Waals surface area contributed by atoms with Crippen molar-refractivity contribution in [3.63, 3.8) is 0 Å². The van der Waals surface area contributed by atoms with Crippen LogP contribution in [0.15, 0.2) is 71.9 Å². The maximum absolute atomic E-state index is 14.3. The van der Waals surface area contributed by atoms with Crippen LogP contribution < -0.4 is 15.4 Å². The first-order valence-electron chi connectivity index (χ1n) is 18.8. The van der Waals surface area contributed by atoms with E-state index in [4.69, 9.17) is 9.57 Å². The summed E-state index contributed by atoms with van der Waals surface area (Å²) in [6.07, 6.45) is 11.0. The van der Waals surface area contributed by atoms with Gasteiger partial charge < -0.3 is 25.1 Å². The molecule has 5 aliphatic rings. The van der Waals surface area contributed by atoms with Crippen molar-refractivity contribution >= 4 is 40.1 Å². The SMILES string of the molecule is O=C(N[C@H]1CCCCC/C=C\C2C[C@@]2(C(=O)NS(=O)(=O)C2CC2)NC(=O)[C@@H]2C[C@@H](O/N=C/c3ccc(-c4ccccc4)cc3)CN2C1=O)OC1CCC1. The Morgan fingerprint density at radius 3 is 2.38 bits per heavy atom. The molecule has 2 aromatic carbocycles. The summed E-state index contributed by atoms with van der Waals surface area (Å²) in [7, 11) is -3.87. The van der Waals surface area contributed by atoms with Crippen molar-refractivity contribution in [1.82, 2.24) is 20.3 Å². The Morgan fingerprint density at radius 1 is 0.906 bits per heavy atom. The number of nitrogens with one attached hydrogen (secondary N) is 3. The fourth-order valence-corrected chi connectivity index (χ4v) is 8.59. The second-order valence-electron chi connectivity index (χ2n) is 14.9. The van der Waals surface area contributed by atoms with E-state index in [1.165, 1.54) is 4.90 Å². The molecule has 0 bridgehead atoms. The third-order valence-electron chi connectivity index (χ3n) is 10.9. The molecule has 5 atom stereocenters. The zero-order valence-electron chi connectivity index (χ0n) is 29.7. The molecule has 4 fully saturated rings. The minimum Gasteiger partial charge on any atom is -0.446 e. The van der Waals surface area contributed by atoms with Crippen molar-refractivity contribution in [3.8, 4) is 11.1 Å². The van der Waals surface area contributed by atoms with Gasteiger partial charge in [0.1, 0.15) is 29.8 Å². The number of carbonyl (C=O) groups is 4. The van der Waals surface area contributed by atoms with Gasteiger partial charge in [0.15, 0.2) is 0 Å². The maximum Gasteiger partial charge on any atom is 0.408 e. The highest BCUT2D eigenvalue weighted by molar-refractivity contribution is 7.91. The van der Waals surface area contributed by atoms with Gasteiger partial charge in [0.25, 0.3) is 5.91 Å². The first-order valence-corrected chi connectivity index (χ1v) is 20.3. The van der Waals surface area contributed by atoms with Crippen LogP contribution >= 0.6 is 0 Å². The normalized spacial score (nSPS) is 28.6. The highest BCUT2D eigenvalue weighted by Crippen LogP contribution is 2.46. The molecule has 53 heavy (non-hydrogen) atoms.